The molecule has 0 aromatic carbocycles. The summed E-state index contributed by atoms with van der Waals surface area (Å²) in [5, 5.41) is 12.8. The molecular formula is C10H21NO2S. The maximum Gasteiger partial charge on any atom is 0.0863 e. The van der Waals surface area contributed by atoms with E-state index < -0.39 is 0 Å². The summed E-state index contributed by atoms with van der Waals surface area (Å²) in [6, 6.07) is 0. The Balaban J connectivity index is 1.89. The zero-order chi connectivity index (χ0) is 10.4. The lowest BCUT2D eigenvalue weighted by Gasteiger charge is -2.26. The SMILES string of the molecule is CC(C)OCC(O)CSCC1CNC1. The van der Waals surface area contributed by atoms with Crippen molar-refractivity contribution in [1.82, 2.24) is 5.32 Å². The van der Waals surface area contributed by atoms with E-state index in [-0.39, 0.29) is 12.2 Å². The molecule has 2 N–H and O–H groups in total. The van der Waals surface area contributed by atoms with Crippen molar-refractivity contribution in [2.45, 2.75) is 26.1 Å². The van der Waals surface area contributed by atoms with Crippen LogP contribution in [0.25, 0.3) is 0 Å². The molecule has 0 amide bonds. The Morgan fingerprint density at radius 2 is 2.21 bits per heavy atom. The maximum absolute atomic E-state index is 9.54. The van der Waals surface area contributed by atoms with Gasteiger partial charge in [0.25, 0.3) is 0 Å². The lowest BCUT2D eigenvalue weighted by Crippen LogP contribution is -2.43. The molecule has 0 aliphatic carbocycles. The highest BCUT2D eigenvalue weighted by Crippen LogP contribution is 2.13. The minimum absolute atomic E-state index is 0.213. The maximum atomic E-state index is 9.54. The molecule has 14 heavy (non-hydrogen) atoms. The minimum atomic E-state index is -0.310. The van der Waals surface area contributed by atoms with Gasteiger partial charge in [0.05, 0.1) is 18.8 Å². The van der Waals surface area contributed by atoms with Crippen LogP contribution in [0, 0.1) is 5.92 Å². The molecule has 1 aliphatic heterocycles. The van der Waals surface area contributed by atoms with Crippen molar-refractivity contribution >= 4 is 11.8 Å². The molecule has 4 heteroatoms. The van der Waals surface area contributed by atoms with Gasteiger partial charge in [0.2, 0.25) is 0 Å². The van der Waals surface area contributed by atoms with E-state index in [9.17, 15) is 5.11 Å². The number of aliphatic hydroxyl groups is 1. The summed E-state index contributed by atoms with van der Waals surface area (Å²) in [4.78, 5) is 0. The second kappa shape index (κ2) is 6.67. The predicted molar refractivity (Wildman–Crippen MR) is 60.8 cm³/mol. The molecule has 1 aliphatic rings. The fourth-order valence-electron chi connectivity index (χ4n) is 1.19. The van der Waals surface area contributed by atoms with Crippen LogP contribution >= 0.6 is 11.8 Å². The van der Waals surface area contributed by atoms with Gasteiger partial charge in [-0.25, -0.2) is 0 Å². The minimum Gasteiger partial charge on any atom is -0.390 e. The molecule has 1 heterocycles. The van der Waals surface area contributed by atoms with Gasteiger partial charge in [-0.1, -0.05) is 0 Å². The smallest absolute Gasteiger partial charge is 0.0863 e. The predicted octanol–water partition coefficient (Wildman–Crippen LogP) is 0.725. The van der Waals surface area contributed by atoms with Gasteiger partial charge in [0, 0.05) is 5.75 Å². The first-order valence-electron chi connectivity index (χ1n) is 5.26. The zero-order valence-corrected chi connectivity index (χ0v) is 9.85. The monoisotopic (exact) mass is 219 g/mol. The van der Waals surface area contributed by atoms with E-state index in [4.69, 9.17) is 4.74 Å². The third kappa shape index (κ3) is 5.20. The van der Waals surface area contributed by atoms with E-state index in [1.54, 1.807) is 0 Å². The fraction of sp³-hybridized carbons (Fsp3) is 1.00. The molecule has 1 unspecified atom stereocenters. The summed E-state index contributed by atoms with van der Waals surface area (Å²) in [5.74, 6) is 2.77. The summed E-state index contributed by atoms with van der Waals surface area (Å²) in [6.07, 6.45) is -0.0964. The Bertz CT molecular complexity index is 151. The van der Waals surface area contributed by atoms with Crippen LogP contribution in [0.1, 0.15) is 13.8 Å². The van der Waals surface area contributed by atoms with Gasteiger partial charge in [-0.15, -0.1) is 0 Å². The second-order valence-corrected chi connectivity index (χ2v) is 5.17. The summed E-state index contributed by atoms with van der Waals surface area (Å²) >= 11 is 1.83. The lowest BCUT2D eigenvalue weighted by molar-refractivity contribution is 0.0152. The zero-order valence-electron chi connectivity index (χ0n) is 9.03. The average molecular weight is 219 g/mol. The number of rotatable bonds is 7. The molecular weight excluding hydrogens is 198 g/mol. The lowest BCUT2D eigenvalue weighted by atomic mass is 10.1. The largest absolute Gasteiger partial charge is 0.390 e. The molecule has 1 saturated heterocycles. The Hall–Kier alpha value is 0.230. The van der Waals surface area contributed by atoms with Gasteiger partial charge in [0.15, 0.2) is 0 Å². The molecule has 1 fully saturated rings. The van der Waals surface area contributed by atoms with E-state index in [1.807, 2.05) is 25.6 Å². The van der Waals surface area contributed by atoms with Gasteiger partial charge in [-0.05, 0) is 38.6 Å². The number of aliphatic hydroxyl groups excluding tert-OH is 1. The van der Waals surface area contributed by atoms with Crippen LogP contribution in [0.4, 0.5) is 0 Å². The van der Waals surface area contributed by atoms with Crippen LogP contribution in [0.5, 0.6) is 0 Å². The summed E-state index contributed by atoms with van der Waals surface area (Å²) in [5.41, 5.74) is 0. The van der Waals surface area contributed by atoms with Crippen molar-refractivity contribution < 1.29 is 9.84 Å². The molecule has 0 saturated carbocycles. The van der Waals surface area contributed by atoms with E-state index in [0.717, 1.165) is 30.5 Å². The van der Waals surface area contributed by atoms with Crippen LogP contribution in [0.2, 0.25) is 0 Å². The Morgan fingerprint density at radius 1 is 1.50 bits per heavy atom. The van der Waals surface area contributed by atoms with Crippen LogP contribution < -0.4 is 5.32 Å². The standard InChI is InChI=1S/C10H21NO2S/c1-8(2)13-5-10(12)7-14-6-9-3-11-4-9/h8-12H,3-7H2,1-2H3. The van der Waals surface area contributed by atoms with Crippen LogP contribution in [-0.4, -0.2) is 48.5 Å². The number of ether oxygens (including phenoxy) is 1. The molecule has 1 rings (SSSR count). The molecule has 1 atom stereocenters. The van der Waals surface area contributed by atoms with Crippen molar-refractivity contribution in [3.63, 3.8) is 0 Å². The topological polar surface area (TPSA) is 41.5 Å². The molecule has 0 bridgehead atoms. The highest BCUT2D eigenvalue weighted by Gasteiger charge is 2.16. The number of hydrogen-bond acceptors (Lipinski definition) is 4. The van der Waals surface area contributed by atoms with E-state index in [1.165, 1.54) is 0 Å². The van der Waals surface area contributed by atoms with Crippen molar-refractivity contribution in [1.29, 1.82) is 0 Å². The fourth-order valence-corrected chi connectivity index (χ4v) is 2.26. The third-order valence-corrected chi connectivity index (χ3v) is 3.48. The van der Waals surface area contributed by atoms with Crippen LogP contribution in [-0.2, 0) is 4.74 Å². The van der Waals surface area contributed by atoms with E-state index >= 15 is 0 Å². The van der Waals surface area contributed by atoms with Gasteiger partial charge < -0.3 is 15.2 Å². The number of thioether (sulfide) groups is 1. The van der Waals surface area contributed by atoms with E-state index in [0.29, 0.717) is 6.61 Å². The van der Waals surface area contributed by atoms with Gasteiger partial charge in [-0.2, -0.15) is 11.8 Å². The molecule has 0 aromatic rings. The summed E-state index contributed by atoms with van der Waals surface area (Å²) in [6.45, 7) is 6.73. The molecule has 3 nitrogen and oxygen atoms in total. The molecule has 0 aromatic heterocycles. The van der Waals surface area contributed by atoms with Crippen molar-refractivity contribution in [3.05, 3.63) is 0 Å². The Kier molecular flexibility index (Phi) is 5.86. The van der Waals surface area contributed by atoms with Crippen LogP contribution in [0.15, 0.2) is 0 Å². The highest BCUT2D eigenvalue weighted by atomic mass is 32.2. The van der Waals surface area contributed by atoms with Gasteiger partial charge in [0.1, 0.15) is 0 Å². The number of hydrogen-bond donors (Lipinski definition) is 2. The molecule has 0 spiro atoms. The molecule has 0 radical (unpaired) electrons. The first-order chi connectivity index (χ1) is 6.68. The summed E-state index contributed by atoms with van der Waals surface area (Å²) in [7, 11) is 0. The van der Waals surface area contributed by atoms with Crippen molar-refractivity contribution in [2.24, 2.45) is 5.92 Å². The average Bonchev–Trinajstić information content (AvgIpc) is 2.06. The molecule has 84 valence electrons. The normalized spacial score (nSPS) is 19.7. The van der Waals surface area contributed by atoms with Gasteiger partial charge >= 0.3 is 0 Å². The second-order valence-electron chi connectivity index (χ2n) is 4.10. The number of nitrogens with one attached hydrogen (secondary N) is 1. The highest BCUT2D eigenvalue weighted by molar-refractivity contribution is 7.99. The Labute approximate surface area is 90.6 Å². The van der Waals surface area contributed by atoms with Crippen molar-refractivity contribution in [3.8, 4) is 0 Å². The van der Waals surface area contributed by atoms with E-state index in [2.05, 4.69) is 5.32 Å². The quantitative estimate of drug-likeness (QED) is 0.662. The first kappa shape index (κ1) is 12.3. The Morgan fingerprint density at radius 3 is 2.71 bits per heavy atom. The summed E-state index contributed by atoms with van der Waals surface area (Å²) < 4.78 is 5.33. The van der Waals surface area contributed by atoms with Crippen molar-refractivity contribution in [2.75, 3.05) is 31.2 Å². The first-order valence-corrected chi connectivity index (χ1v) is 6.42. The third-order valence-electron chi connectivity index (χ3n) is 2.15. The van der Waals surface area contributed by atoms with Gasteiger partial charge in [-0.3, -0.25) is 0 Å². The van der Waals surface area contributed by atoms with Crippen LogP contribution in [0.3, 0.4) is 0 Å².